The molecule has 0 fully saturated rings. The largest absolute Gasteiger partial charge is 0.449 e. The normalized spacial score (nSPS) is 14.9. The summed E-state index contributed by atoms with van der Waals surface area (Å²) in [6.07, 6.45) is 6.10. The number of fused-ring (bicyclic) bond motifs is 1. The maximum absolute atomic E-state index is 11.5. The highest BCUT2D eigenvalue weighted by molar-refractivity contribution is 5.72. The van der Waals surface area contributed by atoms with Gasteiger partial charge in [-0.3, -0.25) is 4.57 Å². The van der Waals surface area contributed by atoms with E-state index in [1.807, 2.05) is 19.2 Å². The van der Waals surface area contributed by atoms with E-state index in [0.29, 0.717) is 6.61 Å². The number of hydrogen-bond acceptors (Lipinski definition) is 2. The molecule has 0 bridgehead atoms. The minimum atomic E-state index is -0.240. The third-order valence-electron chi connectivity index (χ3n) is 2.66. The van der Waals surface area contributed by atoms with Gasteiger partial charge >= 0.3 is 6.09 Å². The lowest BCUT2D eigenvalue weighted by Crippen LogP contribution is -2.17. The van der Waals surface area contributed by atoms with E-state index in [2.05, 4.69) is 0 Å². The summed E-state index contributed by atoms with van der Waals surface area (Å²) in [6, 6.07) is 2.03. The molecular formula is C11H15NO2. The van der Waals surface area contributed by atoms with Crippen LogP contribution in [-0.2, 0) is 17.6 Å². The van der Waals surface area contributed by atoms with Crippen LogP contribution in [0, 0.1) is 0 Å². The maximum atomic E-state index is 11.5. The Hall–Kier alpha value is -1.25. The van der Waals surface area contributed by atoms with Crippen LogP contribution in [0.15, 0.2) is 12.3 Å². The first-order valence-electron chi connectivity index (χ1n) is 5.19. The molecule has 0 aromatic carbocycles. The Morgan fingerprint density at radius 1 is 1.50 bits per heavy atom. The number of carbonyl (C=O) groups is 1. The Morgan fingerprint density at radius 3 is 3.07 bits per heavy atom. The Balaban J connectivity index is 2.25. The van der Waals surface area contributed by atoms with Gasteiger partial charge in [0, 0.05) is 11.9 Å². The molecular weight excluding hydrogens is 178 g/mol. The minimum absolute atomic E-state index is 0.240. The van der Waals surface area contributed by atoms with E-state index >= 15 is 0 Å². The minimum Gasteiger partial charge on any atom is -0.449 e. The Morgan fingerprint density at radius 2 is 2.29 bits per heavy atom. The molecule has 0 amide bonds. The van der Waals surface area contributed by atoms with Crippen LogP contribution in [0.5, 0.6) is 0 Å². The van der Waals surface area contributed by atoms with Gasteiger partial charge in [-0.2, -0.15) is 0 Å². The molecule has 1 heterocycles. The van der Waals surface area contributed by atoms with Gasteiger partial charge in [-0.15, -0.1) is 0 Å². The van der Waals surface area contributed by atoms with E-state index in [-0.39, 0.29) is 6.09 Å². The number of aryl methyl sites for hydroxylation is 1. The average Bonchev–Trinajstić information content (AvgIpc) is 2.61. The molecule has 0 saturated carbocycles. The van der Waals surface area contributed by atoms with Crippen molar-refractivity contribution in [2.24, 2.45) is 0 Å². The number of nitrogens with zero attached hydrogens (tertiary/aromatic N) is 1. The first kappa shape index (κ1) is 9.31. The highest BCUT2D eigenvalue weighted by Gasteiger charge is 2.17. The summed E-state index contributed by atoms with van der Waals surface area (Å²) in [5, 5.41) is 0. The molecule has 1 aromatic heterocycles. The van der Waals surface area contributed by atoms with Gasteiger partial charge in [-0.05, 0) is 44.2 Å². The van der Waals surface area contributed by atoms with Gasteiger partial charge in [0.25, 0.3) is 0 Å². The fraction of sp³-hybridized carbons (Fsp3) is 0.545. The summed E-state index contributed by atoms with van der Waals surface area (Å²) in [5.41, 5.74) is 2.46. The van der Waals surface area contributed by atoms with Gasteiger partial charge in [0.05, 0.1) is 6.61 Å². The molecule has 3 nitrogen and oxygen atoms in total. The molecule has 2 rings (SSSR count). The van der Waals surface area contributed by atoms with Crippen molar-refractivity contribution >= 4 is 6.09 Å². The molecule has 0 aliphatic heterocycles. The first-order valence-corrected chi connectivity index (χ1v) is 5.19. The lowest BCUT2D eigenvalue weighted by Gasteiger charge is -2.14. The number of rotatable bonds is 1. The predicted molar refractivity (Wildman–Crippen MR) is 53.5 cm³/mol. The molecule has 0 atom stereocenters. The van der Waals surface area contributed by atoms with Crippen molar-refractivity contribution in [1.82, 2.24) is 4.57 Å². The zero-order valence-corrected chi connectivity index (χ0v) is 8.45. The zero-order valence-electron chi connectivity index (χ0n) is 8.45. The summed E-state index contributed by atoms with van der Waals surface area (Å²) in [4.78, 5) is 11.5. The molecule has 0 spiro atoms. The summed E-state index contributed by atoms with van der Waals surface area (Å²) in [7, 11) is 0. The second-order valence-corrected chi connectivity index (χ2v) is 3.56. The zero-order chi connectivity index (χ0) is 9.97. The Kier molecular flexibility index (Phi) is 2.57. The topological polar surface area (TPSA) is 31.2 Å². The molecule has 14 heavy (non-hydrogen) atoms. The average molecular weight is 193 g/mol. The van der Waals surface area contributed by atoms with Gasteiger partial charge in [0.1, 0.15) is 0 Å². The second-order valence-electron chi connectivity index (χ2n) is 3.56. The van der Waals surface area contributed by atoms with E-state index in [9.17, 15) is 4.79 Å². The third kappa shape index (κ3) is 1.54. The van der Waals surface area contributed by atoms with Crippen LogP contribution >= 0.6 is 0 Å². The number of ether oxygens (including phenoxy) is 1. The Bertz CT molecular complexity index is 341. The van der Waals surface area contributed by atoms with Crippen molar-refractivity contribution < 1.29 is 9.53 Å². The molecule has 0 N–H and O–H groups in total. The summed E-state index contributed by atoms with van der Waals surface area (Å²) < 4.78 is 6.63. The monoisotopic (exact) mass is 193 g/mol. The van der Waals surface area contributed by atoms with E-state index < -0.39 is 0 Å². The number of carbonyl (C=O) groups excluding carboxylic acids is 1. The Labute approximate surface area is 83.7 Å². The van der Waals surface area contributed by atoms with Crippen LogP contribution in [-0.4, -0.2) is 17.3 Å². The lowest BCUT2D eigenvalue weighted by molar-refractivity contribution is 0.153. The highest BCUT2D eigenvalue weighted by Crippen LogP contribution is 2.22. The van der Waals surface area contributed by atoms with Crippen molar-refractivity contribution in [2.45, 2.75) is 32.6 Å². The number of hydrogen-bond donors (Lipinski definition) is 0. The fourth-order valence-electron chi connectivity index (χ4n) is 1.99. The van der Waals surface area contributed by atoms with Crippen LogP contribution in [0.1, 0.15) is 31.0 Å². The molecule has 0 unspecified atom stereocenters. The molecule has 1 aliphatic carbocycles. The fourth-order valence-corrected chi connectivity index (χ4v) is 1.99. The van der Waals surface area contributed by atoms with E-state index in [4.69, 9.17) is 4.74 Å². The van der Waals surface area contributed by atoms with Crippen LogP contribution in [0.4, 0.5) is 4.79 Å². The number of aromatic nitrogens is 1. The van der Waals surface area contributed by atoms with Crippen LogP contribution in [0.2, 0.25) is 0 Å². The lowest BCUT2D eigenvalue weighted by atomic mass is 9.98. The van der Waals surface area contributed by atoms with Crippen molar-refractivity contribution in [3.8, 4) is 0 Å². The van der Waals surface area contributed by atoms with Gasteiger partial charge < -0.3 is 4.74 Å². The molecule has 1 aromatic rings. The molecule has 0 saturated heterocycles. The SMILES string of the molecule is CCOC(=O)n1ccc2c1CCCC2. The van der Waals surface area contributed by atoms with Crippen molar-refractivity contribution in [1.29, 1.82) is 0 Å². The predicted octanol–water partition coefficient (Wildman–Crippen LogP) is 2.37. The van der Waals surface area contributed by atoms with Crippen LogP contribution < -0.4 is 0 Å². The molecule has 3 heteroatoms. The van der Waals surface area contributed by atoms with Crippen molar-refractivity contribution in [3.05, 3.63) is 23.5 Å². The van der Waals surface area contributed by atoms with Gasteiger partial charge in [0.15, 0.2) is 0 Å². The van der Waals surface area contributed by atoms with Crippen molar-refractivity contribution in [3.63, 3.8) is 0 Å². The van der Waals surface area contributed by atoms with Gasteiger partial charge in [-0.1, -0.05) is 0 Å². The van der Waals surface area contributed by atoms with E-state index in [1.165, 1.54) is 18.4 Å². The first-order chi connectivity index (χ1) is 6.83. The van der Waals surface area contributed by atoms with Gasteiger partial charge in [0.2, 0.25) is 0 Å². The molecule has 0 radical (unpaired) electrons. The van der Waals surface area contributed by atoms with Crippen molar-refractivity contribution in [2.75, 3.05) is 6.61 Å². The van der Waals surface area contributed by atoms with E-state index in [1.54, 1.807) is 4.57 Å². The summed E-state index contributed by atoms with van der Waals surface area (Å²) >= 11 is 0. The smallest absolute Gasteiger partial charge is 0.418 e. The summed E-state index contributed by atoms with van der Waals surface area (Å²) in [5.74, 6) is 0. The summed E-state index contributed by atoms with van der Waals surface area (Å²) in [6.45, 7) is 2.26. The molecule has 76 valence electrons. The standard InChI is InChI=1S/C11H15NO2/c1-2-14-11(13)12-8-7-9-5-3-4-6-10(9)12/h7-8H,2-6H2,1H3. The van der Waals surface area contributed by atoms with E-state index in [0.717, 1.165) is 18.5 Å². The molecule has 1 aliphatic rings. The second kappa shape index (κ2) is 3.86. The van der Waals surface area contributed by atoms with Crippen LogP contribution in [0.3, 0.4) is 0 Å². The third-order valence-corrected chi connectivity index (χ3v) is 2.66. The quantitative estimate of drug-likeness (QED) is 0.685. The van der Waals surface area contributed by atoms with Crippen LogP contribution in [0.25, 0.3) is 0 Å². The van der Waals surface area contributed by atoms with Gasteiger partial charge in [-0.25, -0.2) is 4.79 Å². The maximum Gasteiger partial charge on any atom is 0.418 e. The highest BCUT2D eigenvalue weighted by atomic mass is 16.5.